The first kappa shape index (κ1) is 15.4. The number of hydrogen-bond acceptors (Lipinski definition) is 2. The zero-order valence-corrected chi connectivity index (χ0v) is 15.7. The molecule has 1 aromatic rings. The molecule has 0 saturated carbocycles. The summed E-state index contributed by atoms with van der Waals surface area (Å²) in [6.07, 6.45) is -0.923. The summed E-state index contributed by atoms with van der Waals surface area (Å²) in [6, 6.07) is 3.70. The maximum absolute atomic E-state index is 9.74. The molecule has 2 nitrogen and oxygen atoms in total. The minimum atomic E-state index is -0.923. The van der Waals surface area contributed by atoms with Gasteiger partial charge in [0.1, 0.15) is 0 Å². The number of alkyl halides is 2. The maximum atomic E-state index is 9.74. The van der Waals surface area contributed by atoms with Crippen LogP contribution in [0.2, 0.25) is 0 Å². The van der Waals surface area contributed by atoms with Gasteiger partial charge in [0.05, 0.1) is 13.8 Å². The van der Waals surface area contributed by atoms with Crippen LogP contribution in [0.4, 0.5) is 0 Å². The molecule has 0 amide bonds. The lowest BCUT2D eigenvalue weighted by molar-refractivity contribution is -0.0131. The molecule has 16 heavy (non-hydrogen) atoms. The number of benzene rings is 1. The van der Waals surface area contributed by atoms with Crippen molar-refractivity contribution in [2.75, 3.05) is 5.33 Å². The van der Waals surface area contributed by atoms with Crippen molar-refractivity contribution in [3.63, 3.8) is 0 Å². The largest absolute Gasteiger partial charge is 0.462 e. The fourth-order valence-corrected chi connectivity index (χ4v) is 3.79. The fourth-order valence-electron chi connectivity index (χ4n) is 0.912. The van der Waals surface area contributed by atoms with E-state index in [1.54, 1.807) is 0 Å². The molecule has 0 aliphatic heterocycles. The predicted molar refractivity (Wildman–Crippen MR) is 82.7 cm³/mol. The van der Waals surface area contributed by atoms with Crippen LogP contribution in [0.15, 0.2) is 25.6 Å². The van der Waals surface area contributed by atoms with Crippen molar-refractivity contribution in [2.24, 2.45) is 0 Å². The van der Waals surface area contributed by atoms with E-state index in [4.69, 9.17) is 4.74 Å². The van der Waals surface area contributed by atoms with Crippen molar-refractivity contribution in [1.29, 1.82) is 0 Å². The van der Waals surface area contributed by atoms with Crippen LogP contribution in [0.1, 0.15) is 0 Å². The lowest BCUT2D eigenvalue weighted by Gasteiger charge is -2.19. The topological polar surface area (TPSA) is 29.5 Å². The third kappa shape index (κ3) is 4.24. The van der Waals surface area contributed by atoms with Crippen LogP contribution < -0.4 is 4.74 Å². The van der Waals surface area contributed by atoms with Gasteiger partial charge in [-0.1, -0.05) is 47.8 Å². The van der Waals surface area contributed by atoms with E-state index >= 15 is 0 Å². The zero-order valence-electron chi connectivity index (χ0n) is 7.76. The Labute approximate surface area is 136 Å². The Hall–Kier alpha value is 1.38. The molecule has 0 saturated heterocycles. The molecule has 2 unspecified atom stereocenters. The molecule has 0 aromatic heterocycles. The standard InChI is InChI=1S/C9H7Br5O2/c10-3-7(14)9(15)16-8-5(12)1-4(11)2-6(8)13/h1-2,7,9,15H,3H2. The molecule has 0 radical (unpaired) electrons. The number of hydrogen-bond donors (Lipinski definition) is 1. The van der Waals surface area contributed by atoms with Gasteiger partial charge in [-0.3, -0.25) is 0 Å². The maximum Gasteiger partial charge on any atom is 0.210 e. The van der Waals surface area contributed by atoms with E-state index in [1.165, 1.54) is 0 Å². The van der Waals surface area contributed by atoms with Gasteiger partial charge in [-0.15, -0.1) is 0 Å². The van der Waals surface area contributed by atoms with Gasteiger partial charge in [0.25, 0.3) is 0 Å². The fraction of sp³-hybridized carbons (Fsp3) is 0.333. The lowest BCUT2D eigenvalue weighted by atomic mass is 10.3. The SMILES string of the molecule is OC(Oc1c(Br)cc(Br)cc1Br)C(Br)CBr. The van der Waals surface area contributed by atoms with Crippen molar-refractivity contribution in [2.45, 2.75) is 11.1 Å². The summed E-state index contributed by atoms with van der Waals surface area (Å²) in [5.41, 5.74) is 0. The number of aliphatic hydroxyl groups excluding tert-OH is 1. The molecule has 0 aliphatic carbocycles. The third-order valence-corrected chi connectivity index (χ3v) is 5.64. The molecule has 90 valence electrons. The molecule has 0 bridgehead atoms. The summed E-state index contributed by atoms with van der Waals surface area (Å²) in [5, 5.41) is 10.3. The smallest absolute Gasteiger partial charge is 0.210 e. The van der Waals surface area contributed by atoms with Crippen molar-refractivity contribution in [3.05, 3.63) is 25.6 Å². The van der Waals surface area contributed by atoms with Crippen LogP contribution in [-0.2, 0) is 0 Å². The second-order valence-corrected chi connectivity index (χ2v) is 7.33. The lowest BCUT2D eigenvalue weighted by Crippen LogP contribution is -2.28. The molecular weight excluding hydrogens is 540 g/mol. The molecule has 7 heteroatoms. The number of aliphatic hydroxyl groups is 1. The van der Waals surface area contributed by atoms with E-state index < -0.39 is 6.29 Å². The first-order valence-corrected chi connectivity index (χ1v) is 8.56. The highest BCUT2D eigenvalue weighted by Crippen LogP contribution is 2.37. The molecule has 0 fully saturated rings. The van der Waals surface area contributed by atoms with Gasteiger partial charge in [-0.25, -0.2) is 0 Å². The van der Waals surface area contributed by atoms with Crippen LogP contribution in [0.5, 0.6) is 5.75 Å². The Kier molecular flexibility index (Phi) is 6.84. The molecule has 1 N–H and O–H groups in total. The van der Waals surface area contributed by atoms with Gasteiger partial charge >= 0.3 is 0 Å². The van der Waals surface area contributed by atoms with E-state index in [9.17, 15) is 5.11 Å². The monoisotopic (exact) mass is 542 g/mol. The Morgan fingerprint density at radius 3 is 2.12 bits per heavy atom. The average molecular weight is 547 g/mol. The van der Waals surface area contributed by atoms with Crippen molar-refractivity contribution in [3.8, 4) is 5.75 Å². The summed E-state index contributed by atoms with van der Waals surface area (Å²) in [7, 11) is 0. The summed E-state index contributed by atoms with van der Waals surface area (Å²) < 4.78 is 7.90. The van der Waals surface area contributed by atoms with E-state index in [0.29, 0.717) is 11.1 Å². The Morgan fingerprint density at radius 2 is 1.69 bits per heavy atom. The van der Waals surface area contributed by atoms with Gasteiger partial charge in [-0.05, 0) is 44.0 Å². The second kappa shape index (κ2) is 7.09. The molecule has 0 spiro atoms. The molecule has 2 atom stereocenters. The predicted octanol–water partition coefficient (Wildman–Crippen LogP) is 4.83. The molecule has 0 heterocycles. The van der Waals surface area contributed by atoms with E-state index in [2.05, 4.69) is 79.6 Å². The number of halogens is 5. The quantitative estimate of drug-likeness (QED) is 0.433. The number of rotatable bonds is 4. The van der Waals surface area contributed by atoms with Crippen LogP contribution in [-0.4, -0.2) is 21.6 Å². The van der Waals surface area contributed by atoms with Gasteiger partial charge in [0.15, 0.2) is 5.75 Å². The average Bonchev–Trinajstić information content (AvgIpc) is 2.21. The van der Waals surface area contributed by atoms with Crippen molar-refractivity contribution in [1.82, 2.24) is 0 Å². The molecule has 1 aromatic carbocycles. The van der Waals surface area contributed by atoms with Crippen LogP contribution >= 0.6 is 79.6 Å². The minimum Gasteiger partial charge on any atom is -0.462 e. The second-order valence-electron chi connectivity index (χ2n) is 2.88. The van der Waals surface area contributed by atoms with Crippen LogP contribution in [0, 0.1) is 0 Å². The Bertz CT molecular complexity index is 348. The van der Waals surface area contributed by atoms with Crippen molar-refractivity contribution >= 4 is 79.6 Å². The van der Waals surface area contributed by atoms with Crippen molar-refractivity contribution < 1.29 is 9.84 Å². The number of ether oxygens (including phenoxy) is 1. The highest BCUT2D eigenvalue weighted by Gasteiger charge is 2.19. The third-order valence-electron chi connectivity index (χ3n) is 1.66. The zero-order chi connectivity index (χ0) is 12.3. The highest BCUT2D eigenvalue weighted by atomic mass is 79.9. The molecule has 0 aliphatic rings. The normalized spacial score (nSPS) is 14.6. The molecule has 1 rings (SSSR count). The highest BCUT2D eigenvalue weighted by molar-refractivity contribution is 9.12. The van der Waals surface area contributed by atoms with E-state index in [1.807, 2.05) is 12.1 Å². The van der Waals surface area contributed by atoms with E-state index in [-0.39, 0.29) is 4.83 Å². The van der Waals surface area contributed by atoms with Gasteiger partial charge in [0.2, 0.25) is 6.29 Å². The van der Waals surface area contributed by atoms with Gasteiger partial charge in [-0.2, -0.15) is 0 Å². The van der Waals surface area contributed by atoms with Crippen LogP contribution in [0.25, 0.3) is 0 Å². The first-order chi connectivity index (χ1) is 7.45. The first-order valence-electron chi connectivity index (χ1n) is 4.15. The van der Waals surface area contributed by atoms with Crippen LogP contribution in [0.3, 0.4) is 0 Å². The summed E-state index contributed by atoms with van der Waals surface area (Å²) in [5.74, 6) is 0.570. The summed E-state index contributed by atoms with van der Waals surface area (Å²) >= 11 is 16.7. The Morgan fingerprint density at radius 1 is 1.19 bits per heavy atom. The summed E-state index contributed by atoms with van der Waals surface area (Å²) in [6.45, 7) is 0. The van der Waals surface area contributed by atoms with E-state index in [0.717, 1.165) is 13.4 Å². The van der Waals surface area contributed by atoms with Gasteiger partial charge < -0.3 is 9.84 Å². The minimum absolute atomic E-state index is 0.171. The summed E-state index contributed by atoms with van der Waals surface area (Å²) in [4.78, 5) is -0.171. The Balaban J connectivity index is 2.89. The molecular formula is C9H7Br5O2. The van der Waals surface area contributed by atoms with Gasteiger partial charge in [0, 0.05) is 9.80 Å².